The highest BCUT2D eigenvalue weighted by molar-refractivity contribution is 7.08. The first kappa shape index (κ1) is 16.5. The summed E-state index contributed by atoms with van der Waals surface area (Å²) in [6.45, 7) is 3.05. The maximum Gasteiger partial charge on any atom is 0.341 e. The standard InChI is InChI=1S/C17H17NO5S/c1-2-21-17(20)14-7-12(18-16(19)11-5-6-24-10-11)3-4-15(14)23-9-13-8-22-13/h3-7,10,13H,2,8-9H2,1H3,(H,18,19). The molecule has 0 aliphatic carbocycles. The summed E-state index contributed by atoms with van der Waals surface area (Å²) in [5.41, 5.74) is 1.36. The van der Waals surface area contributed by atoms with Crippen LogP contribution in [-0.2, 0) is 9.47 Å². The van der Waals surface area contributed by atoms with Gasteiger partial charge in [0.1, 0.15) is 24.0 Å². The Hall–Kier alpha value is -2.38. The van der Waals surface area contributed by atoms with E-state index in [4.69, 9.17) is 14.2 Å². The van der Waals surface area contributed by atoms with E-state index in [0.29, 0.717) is 30.2 Å². The summed E-state index contributed by atoms with van der Waals surface area (Å²) in [5.74, 6) is -0.306. The molecule has 126 valence electrons. The fraction of sp³-hybridized carbons (Fsp3) is 0.294. The van der Waals surface area contributed by atoms with Gasteiger partial charge in [-0.15, -0.1) is 0 Å². The minimum absolute atomic E-state index is 0.0815. The molecule has 0 saturated carbocycles. The molecule has 0 bridgehead atoms. The van der Waals surface area contributed by atoms with E-state index in [1.807, 2.05) is 5.38 Å². The Balaban J connectivity index is 1.78. The number of hydrogen-bond donors (Lipinski definition) is 1. The van der Waals surface area contributed by atoms with Crippen LogP contribution in [-0.4, -0.2) is 37.8 Å². The van der Waals surface area contributed by atoms with Gasteiger partial charge in [0.2, 0.25) is 0 Å². The highest BCUT2D eigenvalue weighted by atomic mass is 32.1. The van der Waals surface area contributed by atoms with Crippen molar-refractivity contribution in [3.8, 4) is 5.75 Å². The van der Waals surface area contributed by atoms with Gasteiger partial charge >= 0.3 is 5.97 Å². The molecule has 2 heterocycles. The van der Waals surface area contributed by atoms with Gasteiger partial charge in [-0.25, -0.2) is 4.79 Å². The van der Waals surface area contributed by atoms with E-state index in [1.54, 1.807) is 36.6 Å². The minimum Gasteiger partial charge on any atom is -0.490 e. The number of epoxide rings is 1. The first-order valence-corrected chi connectivity index (χ1v) is 8.50. The lowest BCUT2D eigenvalue weighted by molar-refractivity contribution is 0.0521. The van der Waals surface area contributed by atoms with Gasteiger partial charge in [-0.3, -0.25) is 4.79 Å². The molecular weight excluding hydrogens is 330 g/mol. The summed E-state index contributed by atoms with van der Waals surface area (Å²) in [6.07, 6.45) is 0.0815. The van der Waals surface area contributed by atoms with Crippen LogP contribution in [0, 0.1) is 0 Å². The molecule has 1 N–H and O–H groups in total. The smallest absolute Gasteiger partial charge is 0.341 e. The molecule has 7 heteroatoms. The summed E-state index contributed by atoms with van der Waals surface area (Å²) in [6, 6.07) is 6.64. The fourth-order valence-corrected chi connectivity index (χ4v) is 2.68. The quantitative estimate of drug-likeness (QED) is 0.615. The van der Waals surface area contributed by atoms with Gasteiger partial charge in [0, 0.05) is 11.1 Å². The third-order valence-electron chi connectivity index (χ3n) is 3.34. The van der Waals surface area contributed by atoms with Crippen LogP contribution < -0.4 is 10.1 Å². The number of carbonyl (C=O) groups excluding carboxylic acids is 2. The Morgan fingerprint density at radius 3 is 2.88 bits per heavy atom. The number of hydrogen-bond acceptors (Lipinski definition) is 6. The molecule has 6 nitrogen and oxygen atoms in total. The van der Waals surface area contributed by atoms with E-state index in [0.717, 1.165) is 0 Å². The number of benzene rings is 1. The van der Waals surface area contributed by atoms with Crippen LogP contribution in [0.1, 0.15) is 27.6 Å². The van der Waals surface area contributed by atoms with Crippen molar-refractivity contribution >= 4 is 28.9 Å². The second kappa shape index (κ2) is 7.46. The molecule has 2 aromatic rings. The van der Waals surface area contributed by atoms with E-state index in [1.165, 1.54) is 11.3 Å². The van der Waals surface area contributed by atoms with Crippen LogP contribution in [0.2, 0.25) is 0 Å². The first-order valence-electron chi connectivity index (χ1n) is 7.56. The van der Waals surface area contributed by atoms with Crippen LogP contribution >= 0.6 is 11.3 Å². The maximum atomic E-state index is 12.1. The Labute approximate surface area is 143 Å². The summed E-state index contributed by atoms with van der Waals surface area (Å²) in [5, 5.41) is 6.35. The number of ether oxygens (including phenoxy) is 3. The maximum absolute atomic E-state index is 12.1. The summed E-state index contributed by atoms with van der Waals surface area (Å²) >= 11 is 1.44. The molecule has 1 aromatic heterocycles. The normalized spacial score (nSPS) is 15.6. The molecule has 1 aromatic carbocycles. The largest absolute Gasteiger partial charge is 0.490 e. The zero-order valence-corrected chi connectivity index (χ0v) is 13.9. The predicted molar refractivity (Wildman–Crippen MR) is 89.9 cm³/mol. The summed E-state index contributed by atoms with van der Waals surface area (Å²) < 4.78 is 15.8. The number of anilines is 1. The lowest BCUT2D eigenvalue weighted by Crippen LogP contribution is -2.14. The highest BCUT2D eigenvalue weighted by Gasteiger charge is 2.24. The molecule has 3 rings (SSSR count). The van der Waals surface area contributed by atoms with Gasteiger partial charge < -0.3 is 19.5 Å². The molecule has 1 saturated heterocycles. The molecule has 1 unspecified atom stereocenters. The van der Waals surface area contributed by atoms with Gasteiger partial charge in [0.05, 0.1) is 18.8 Å². The van der Waals surface area contributed by atoms with Crippen LogP contribution in [0.3, 0.4) is 0 Å². The molecule has 1 aliphatic rings. The van der Waals surface area contributed by atoms with Crippen molar-refractivity contribution < 1.29 is 23.8 Å². The number of nitrogens with one attached hydrogen (secondary N) is 1. The molecule has 1 fully saturated rings. The van der Waals surface area contributed by atoms with Gasteiger partial charge in [0.25, 0.3) is 5.91 Å². The van der Waals surface area contributed by atoms with E-state index >= 15 is 0 Å². The number of esters is 1. The second-order valence-electron chi connectivity index (χ2n) is 5.16. The Morgan fingerprint density at radius 1 is 1.38 bits per heavy atom. The van der Waals surface area contributed by atoms with Crippen LogP contribution in [0.4, 0.5) is 5.69 Å². The van der Waals surface area contributed by atoms with Crippen molar-refractivity contribution in [2.75, 3.05) is 25.1 Å². The van der Waals surface area contributed by atoms with Gasteiger partial charge in [-0.2, -0.15) is 11.3 Å². The molecule has 24 heavy (non-hydrogen) atoms. The molecule has 0 radical (unpaired) electrons. The average Bonchev–Trinajstić information content (AvgIpc) is 3.24. The number of thiophene rings is 1. The lowest BCUT2D eigenvalue weighted by Gasteiger charge is -2.12. The van der Waals surface area contributed by atoms with Crippen LogP contribution in [0.15, 0.2) is 35.0 Å². The van der Waals surface area contributed by atoms with Crippen molar-refractivity contribution in [1.29, 1.82) is 0 Å². The first-order chi connectivity index (χ1) is 11.7. The monoisotopic (exact) mass is 347 g/mol. The molecule has 1 atom stereocenters. The van der Waals surface area contributed by atoms with Crippen LogP contribution in [0.25, 0.3) is 0 Å². The zero-order chi connectivity index (χ0) is 16.9. The zero-order valence-electron chi connectivity index (χ0n) is 13.1. The Kier molecular flexibility index (Phi) is 5.12. The van der Waals surface area contributed by atoms with Crippen molar-refractivity contribution in [3.63, 3.8) is 0 Å². The van der Waals surface area contributed by atoms with E-state index in [2.05, 4.69) is 5.32 Å². The molecule has 1 aliphatic heterocycles. The van der Waals surface area contributed by atoms with Crippen molar-refractivity contribution in [2.45, 2.75) is 13.0 Å². The Morgan fingerprint density at radius 2 is 2.21 bits per heavy atom. The van der Waals surface area contributed by atoms with Crippen molar-refractivity contribution in [3.05, 3.63) is 46.2 Å². The Bertz CT molecular complexity index is 725. The van der Waals surface area contributed by atoms with E-state index < -0.39 is 5.97 Å². The van der Waals surface area contributed by atoms with Gasteiger partial charge in [-0.1, -0.05) is 0 Å². The van der Waals surface area contributed by atoms with Crippen molar-refractivity contribution in [2.24, 2.45) is 0 Å². The number of amides is 1. The topological polar surface area (TPSA) is 77.2 Å². The second-order valence-corrected chi connectivity index (χ2v) is 5.94. The fourth-order valence-electron chi connectivity index (χ4n) is 2.05. The lowest BCUT2D eigenvalue weighted by atomic mass is 10.1. The summed E-state index contributed by atoms with van der Waals surface area (Å²) in [4.78, 5) is 24.3. The van der Waals surface area contributed by atoms with E-state index in [-0.39, 0.29) is 24.2 Å². The third kappa shape index (κ3) is 4.12. The average molecular weight is 347 g/mol. The number of carbonyl (C=O) groups is 2. The SMILES string of the molecule is CCOC(=O)c1cc(NC(=O)c2ccsc2)ccc1OCC1CO1. The summed E-state index contributed by atoms with van der Waals surface area (Å²) in [7, 11) is 0. The molecule has 1 amide bonds. The van der Waals surface area contributed by atoms with Gasteiger partial charge in [0.15, 0.2) is 0 Å². The molecule has 0 spiro atoms. The third-order valence-corrected chi connectivity index (χ3v) is 4.03. The predicted octanol–water partition coefficient (Wildman–Crippen LogP) is 2.95. The van der Waals surface area contributed by atoms with Crippen LogP contribution in [0.5, 0.6) is 5.75 Å². The molecular formula is C17H17NO5S. The number of rotatable bonds is 7. The van der Waals surface area contributed by atoms with Gasteiger partial charge in [-0.05, 0) is 36.6 Å². The van der Waals surface area contributed by atoms with Crippen molar-refractivity contribution in [1.82, 2.24) is 0 Å². The van der Waals surface area contributed by atoms with E-state index in [9.17, 15) is 9.59 Å². The highest BCUT2D eigenvalue weighted by Crippen LogP contribution is 2.25. The minimum atomic E-state index is -0.490.